The van der Waals surface area contributed by atoms with Crippen molar-refractivity contribution in [2.75, 3.05) is 6.67 Å². The predicted molar refractivity (Wildman–Crippen MR) is 63.9 cm³/mol. The van der Waals surface area contributed by atoms with Gasteiger partial charge in [0.2, 0.25) is 0 Å². The Morgan fingerprint density at radius 2 is 1.65 bits per heavy atom. The van der Waals surface area contributed by atoms with E-state index >= 15 is 0 Å². The molecule has 88 valence electrons. The van der Waals surface area contributed by atoms with Gasteiger partial charge in [0.1, 0.15) is 24.3 Å². The van der Waals surface area contributed by atoms with Crippen molar-refractivity contribution in [1.82, 2.24) is 0 Å². The molecule has 1 atom stereocenters. The van der Waals surface area contributed by atoms with Crippen LogP contribution in [-0.4, -0.2) is 11.8 Å². The molecule has 0 saturated heterocycles. The average molecular weight is 232 g/mol. The molecule has 0 bridgehead atoms. The maximum atomic E-state index is 12.5. The fourth-order valence-corrected chi connectivity index (χ4v) is 1.55. The number of aliphatic hydroxyl groups excluding tert-OH is 1. The molecule has 2 rings (SSSR count). The first-order chi connectivity index (χ1) is 8.31. The normalized spacial score (nSPS) is 12.1. The zero-order valence-corrected chi connectivity index (χ0v) is 9.21. The molecule has 0 spiro atoms. The summed E-state index contributed by atoms with van der Waals surface area (Å²) in [6, 6.07) is 16.1. The summed E-state index contributed by atoms with van der Waals surface area (Å²) in [5.41, 5.74) is 0.457. The first-order valence-electron chi connectivity index (χ1n) is 5.37. The standard InChI is InChI=1S/C14H13FO2/c15-10-13(16)12-8-4-5-9-14(12)17-11-6-2-1-3-7-11/h1-9,13,16H,10H2. The van der Waals surface area contributed by atoms with Gasteiger partial charge in [0, 0.05) is 5.56 Å². The van der Waals surface area contributed by atoms with Crippen molar-refractivity contribution in [3.8, 4) is 11.5 Å². The molecule has 2 nitrogen and oxygen atoms in total. The van der Waals surface area contributed by atoms with Crippen molar-refractivity contribution in [2.24, 2.45) is 0 Å². The SMILES string of the molecule is OC(CF)c1ccccc1Oc1ccccc1. The fourth-order valence-electron chi connectivity index (χ4n) is 1.55. The largest absolute Gasteiger partial charge is 0.457 e. The Kier molecular flexibility index (Phi) is 3.73. The van der Waals surface area contributed by atoms with Gasteiger partial charge in [0.05, 0.1) is 0 Å². The Morgan fingerprint density at radius 3 is 2.35 bits per heavy atom. The third-order valence-corrected chi connectivity index (χ3v) is 2.40. The van der Waals surface area contributed by atoms with Gasteiger partial charge in [0.15, 0.2) is 0 Å². The van der Waals surface area contributed by atoms with Crippen molar-refractivity contribution in [3.63, 3.8) is 0 Å². The predicted octanol–water partition coefficient (Wildman–Crippen LogP) is 3.48. The fraction of sp³-hybridized carbons (Fsp3) is 0.143. The van der Waals surface area contributed by atoms with E-state index in [4.69, 9.17) is 4.74 Å². The van der Waals surface area contributed by atoms with Gasteiger partial charge in [0.25, 0.3) is 0 Å². The summed E-state index contributed by atoms with van der Waals surface area (Å²) in [6.07, 6.45) is -1.14. The van der Waals surface area contributed by atoms with E-state index in [-0.39, 0.29) is 0 Å². The highest BCUT2D eigenvalue weighted by Gasteiger charge is 2.12. The maximum Gasteiger partial charge on any atom is 0.133 e. The molecular formula is C14H13FO2. The molecule has 0 fully saturated rings. The number of ether oxygens (including phenoxy) is 1. The van der Waals surface area contributed by atoms with Gasteiger partial charge in [-0.25, -0.2) is 4.39 Å². The van der Waals surface area contributed by atoms with E-state index in [1.54, 1.807) is 36.4 Å². The molecule has 1 unspecified atom stereocenters. The lowest BCUT2D eigenvalue weighted by molar-refractivity contribution is 0.139. The van der Waals surface area contributed by atoms with Gasteiger partial charge in [-0.1, -0.05) is 36.4 Å². The molecule has 17 heavy (non-hydrogen) atoms. The Bertz CT molecular complexity index is 471. The number of hydrogen-bond acceptors (Lipinski definition) is 2. The summed E-state index contributed by atoms with van der Waals surface area (Å²) < 4.78 is 18.1. The minimum absolute atomic E-state index is 0.457. The first kappa shape index (κ1) is 11.6. The molecule has 0 amide bonds. The van der Waals surface area contributed by atoms with Crippen LogP contribution in [0, 0.1) is 0 Å². The highest BCUT2D eigenvalue weighted by atomic mass is 19.1. The summed E-state index contributed by atoms with van der Waals surface area (Å²) in [7, 11) is 0. The summed E-state index contributed by atoms with van der Waals surface area (Å²) in [4.78, 5) is 0. The Hall–Kier alpha value is -1.87. The van der Waals surface area contributed by atoms with Gasteiger partial charge in [-0.05, 0) is 18.2 Å². The van der Waals surface area contributed by atoms with Crippen LogP contribution in [0.2, 0.25) is 0 Å². The molecule has 0 aliphatic heterocycles. The second kappa shape index (κ2) is 5.46. The third kappa shape index (κ3) is 2.82. The smallest absolute Gasteiger partial charge is 0.133 e. The van der Waals surface area contributed by atoms with E-state index in [1.807, 2.05) is 18.2 Å². The monoisotopic (exact) mass is 232 g/mol. The van der Waals surface area contributed by atoms with Gasteiger partial charge in [-0.2, -0.15) is 0 Å². The number of hydrogen-bond donors (Lipinski definition) is 1. The zero-order valence-electron chi connectivity index (χ0n) is 9.21. The van der Waals surface area contributed by atoms with E-state index in [1.165, 1.54) is 0 Å². The van der Waals surface area contributed by atoms with Crippen LogP contribution in [-0.2, 0) is 0 Å². The molecular weight excluding hydrogens is 219 g/mol. The van der Waals surface area contributed by atoms with Crippen LogP contribution in [0.15, 0.2) is 54.6 Å². The molecule has 0 heterocycles. The van der Waals surface area contributed by atoms with E-state index in [2.05, 4.69) is 0 Å². The molecule has 1 N–H and O–H groups in total. The Balaban J connectivity index is 2.27. The summed E-state index contributed by atoms with van der Waals surface area (Å²) in [5, 5.41) is 9.53. The molecule has 2 aromatic carbocycles. The molecule has 2 aromatic rings. The summed E-state index contributed by atoms with van der Waals surface area (Å²) >= 11 is 0. The number of para-hydroxylation sites is 2. The summed E-state index contributed by atoms with van der Waals surface area (Å²) in [6.45, 7) is -0.824. The molecule has 0 aliphatic carbocycles. The van der Waals surface area contributed by atoms with Crippen LogP contribution in [0.25, 0.3) is 0 Å². The van der Waals surface area contributed by atoms with Crippen molar-refractivity contribution in [3.05, 3.63) is 60.2 Å². The quantitative estimate of drug-likeness (QED) is 0.874. The van der Waals surface area contributed by atoms with Crippen LogP contribution in [0.5, 0.6) is 11.5 Å². The van der Waals surface area contributed by atoms with Crippen LogP contribution in [0.4, 0.5) is 4.39 Å². The minimum Gasteiger partial charge on any atom is -0.457 e. The van der Waals surface area contributed by atoms with Crippen LogP contribution >= 0.6 is 0 Å². The number of aliphatic hydroxyl groups is 1. The van der Waals surface area contributed by atoms with E-state index in [0.717, 1.165) is 0 Å². The highest BCUT2D eigenvalue weighted by molar-refractivity contribution is 5.39. The lowest BCUT2D eigenvalue weighted by atomic mass is 10.1. The molecule has 0 radical (unpaired) electrons. The van der Waals surface area contributed by atoms with Crippen molar-refractivity contribution in [1.29, 1.82) is 0 Å². The molecule has 3 heteroatoms. The van der Waals surface area contributed by atoms with Gasteiger partial charge in [-0.15, -0.1) is 0 Å². The minimum atomic E-state index is -1.14. The molecule has 0 aromatic heterocycles. The number of alkyl halides is 1. The van der Waals surface area contributed by atoms with Gasteiger partial charge in [-0.3, -0.25) is 0 Å². The van der Waals surface area contributed by atoms with Gasteiger partial charge < -0.3 is 9.84 Å². The van der Waals surface area contributed by atoms with E-state index in [9.17, 15) is 9.50 Å². The van der Waals surface area contributed by atoms with E-state index < -0.39 is 12.8 Å². The van der Waals surface area contributed by atoms with Gasteiger partial charge >= 0.3 is 0 Å². The second-order valence-electron chi connectivity index (χ2n) is 3.62. The van der Waals surface area contributed by atoms with Crippen molar-refractivity contribution < 1.29 is 14.2 Å². The molecule has 0 aliphatic rings. The highest BCUT2D eigenvalue weighted by Crippen LogP contribution is 2.29. The Labute approximate surface area is 99.3 Å². The van der Waals surface area contributed by atoms with Crippen LogP contribution in [0.3, 0.4) is 0 Å². The zero-order chi connectivity index (χ0) is 12.1. The maximum absolute atomic E-state index is 12.5. The lowest BCUT2D eigenvalue weighted by Gasteiger charge is -2.13. The van der Waals surface area contributed by atoms with Crippen LogP contribution in [0.1, 0.15) is 11.7 Å². The van der Waals surface area contributed by atoms with E-state index in [0.29, 0.717) is 17.1 Å². The summed E-state index contributed by atoms with van der Waals surface area (Å²) in [5.74, 6) is 1.13. The number of halogens is 1. The van der Waals surface area contributed by atoms with Crippen molar-refractivity contribution in [2.45, 2.75) is 6.10 Å². The number of rotatable bonds is 4. The van der Waals surface area contributed by atoms with Crippen LogP contribution < -0.4 is 4.74 Å². The topological polar surface area (TPSA) is 29.5 Å². The average Bonchev–Trinajstić information content (AvgIpc) is 2.40. The number of benzene rings is 2. The Morgan fingerprint density at radius 1 is 1.00 bits per heavy atom. The molecule has 0 saturated carbocycles. The first-order valence-corrected chi connectivity index (χ1v) is 5.37. The lowest BCUT2D eigenvalue weighted by Crippen LogP contribution is -2.01. The van der Waals surface area contributed by atoms with Crippen molar-refractivity contribution >= 4 is 0 Å². The second-order valence-corrected chi connectivity index (χ2v) is 3.62. The third-order valence-electron chi connectivity index (χ3n) is 2.40.